The van der Waals surface area contributed by atoms with Crippen LogP contribution in [0.3, 0.4) is 0 Å². The summed E-state index contributed by atoms with van der Waals surface area (Å²) in [6, 6.07) is 9.43. The Morgan fingerprint density at radius 1 is 1.53 bits per heavy atom. The highest BCUT2D eigenvalue weighted by molar-refractivity contribution is 7.99. The van der Waals surface area contributed by atoms with Gasteiger partial charge in [-0.1, -0.05) is 31.2 Å². The molecule has 1 heterocycles. The molecule has 0 saturated heterocycles. The van der Waals surface area contributed by atoms with Crippen LogP contribution in [0.2, 0.25) is 0 Å². The first-order valence-electron chi connectivity index (χ1n) is 6.42. The van der Waals surface area contributed by atoms with Crippen LogP contribution in [0.4, 0.5) is 0 Å². The predicted molar refractivity (Wildman–Crippen MR) is 76.8 cm³/mol. The largest absolute Gasteiger partial charge is 0.314 e. The highest BCUT2D eigenvalue weighted by atomic mass is 32.2. The summed E-state index contributed by atoms with van der Waals surface area (Å²) in [7, 11) is 0. The summed E-state index contributed by atoms with van der Waals surface area (Å²) in [5, 5.41) is 3.64. The van der Waals surface area contributed by atoms with E-state index in [0.29, 0.717) is 12.0 Å². The van der Waals surface area contributed by atoms with Crippen LogP contribution >= 0.6 is 11.8 Å². The van der Waals surface area contributed by atoms with E-state index in [1.807, 2.05) is 17.8 Å². The standard InChI is InChI=1S/C15H21NS/c1-3-5-9-14(16-4-2)13-11-17-15-10-7-6-8-12(13)15/h3,6-8,10,13-14,16H,1,4-5,9,11H2,2H3. The van der Waals surface area contributed by atoms with Gasteiger partial charge in [-0.15, -0.1) is 18.3 Å². The Morgan fingerprint density at radius 2 is 2.35 bits per heavy atom. The van der Waals surface area contributed by atoms with Crippen molar-refractivity contribution in [2.45, 2.75) is 36.6 Å². The number of hydrogen-bond donors (Lipinski definition) is 1. The van der Waals surface area contributed by atoms with Crippen LogP contribution in [-0.4, -0.2) is 18.3 Å². The summed E-state index contributed by atoms with van der Waals surface area (Å²) in [6.45, 7) is 7.07. The molecule has 0 amide bonds. The van der Waals surface area contributed by atoms with Crippen LogP contribution < -0.4 is 5.32 Å². The maximum atomic E-state index is 3.83. The average Bonchev–Trinajstić information content (AvgIpc) is 2.78. The molecule has 1 nitrogen and oxygen atoms in total. The third kappa shape index (κ3) is 2.93. The van der Waals surface area contributed by atoms with E-state index in [1.54, 1.807) is 0 Å². The fourth-order valence-electron chi connectivity index (χ4n) is 2.53. The molecule has 0 radical (unpaired) electrons. The Hall–Kier alpha value is -0.730. The average molecular weight is 247 g/mol. The highest BCUT2D eigenvalue weighted by Crippen LogP contribution is 2.41. The molecule has 1 N–H and O–H groups in total. The lowest BCUT2D eigenvalue weighted by Gasteiger charge is -2.24. The second-order valence-electron chi connectivity index (χ2n) is 4.49. The number of rotatable bonds is 6. The summed E-state index contributed by atoms with van der Waals surface area (Å²) in [5.74, 6) is 1.88. The van der Waals surface area contributed by atoms with Crippen LogP contribution in [0, 0.1) is 0 Å². The van der Waals surface area contributed by atoms with Crippen molar-refractivity contribution in [3.05, 3.63) is 42.5 Å². The number of thioether (sulfide) groups is 1. The van der Waals surface area contributed by atoms with Crippen molar-refractivity contribution in [1.82, 2.24) is 5.32 Å². The number of benzene rings is 1. The molecule has 2 atom stereocenters. The van der Waals surface area contributed by atoms with Gasteiger partial charge in [0.15, 0.2) is 0 Å². The molecule has 92 valence electrons. The summed E-state index contributed by atoms with van der Waals surface area (Å²) < 4.78 is 0. The van der Waals surface area contributed by atoms with Gasteiger partial charge in [0.05, 0.1) is 0 Å². The Labute approximate surface area is 109 Å². The summed E-state index contributed by atoms with van der Waals surface area (Å²) in [5.41, 5.74) is 1.53. The SMILES string of the molecule is C=CCCC(NCC)C1CSc2ccccc21. The van der Waals surface area contributed by atoms with E-state index in [2.05, 4.69) is 43.1 Å². The molecule has 0 spiro atoms. The van der Waals surface area contributed by atoms with Gasteiger partial charge in [-0.25, -0.2) is 0 Å². The first-order chi connectivity index (χ1) is 8.36. The van der Waals surface area contributed by atoms with Crippen molar-refractivity contribution in [3.63, 3.8) is 0 Å². The topological polar surface area (TPSA) is 12.0 Å². The van der Waals surface area contributed by atoms with Crippen molar-refractivity contribution in [1.29, 1.82) is 0 Å². The van der Waals surface area contributed by atoms with Gasteiger partial charge in [-0.05, 0) is 31.0 Å². The van der Waals surface area contributed by atoms with Crippen LogP contribution in [0.1, 0.15) is 31.2 Å². The smallest absolute Gasteiger partial charge is 0.0147 e. The molecule has 0 aliphatic carbocycles. The van der Waals surface area contributed by atoms with Gasteiger partial charge in [0.25, 0.3) is 0 Å². The fourth-order valence-corrected chi connectivity index (χ4v) is 3.86. The molecular formula is C15H21NS. The lowest BCUT2D eigenvalue weighted by Crippen LogP contribution is -2.34. The molecule has 0 aromatic heterocycles. The van der Waals surface area contributed by atoms with Gasteiger partial charge >= 0.3 is 0 Å². The lowest BCUT2D eigenvalue weighted by atomic mass is 9.90. The third-order valence-electron chi connectivity index (χ3n) is 3.37. The number of fused-ring (bicyclic) bond motifs is 1. The van der Waals surface area contributed by atoms with Gasteiger partial charge in [0, 0.05) is 22.6 Å². The second-order valence-corrected chi connectivity index (χ2v) is 5.55. The maximum absolute atomic E-state index is 3.83. The zero-order valence-electron chi connectivity index (χ0n) is 10.5. The zero-order valence-corrected chi connectivity index (χ0v) is 11.3. The van der Waals surface area contributed by atoms with E-state index in [1.165, 1.54) is 22.6 Å². The quantitative estimate of drug-likeness (QED) is 0.767. The van der Waals surface area contributed by atoms with Gasteiger partial charge in [0.1, 0.15) is 0 Å². The van der Waals surface area contributed by atoms with Crippen molar-refractivity contribution < 1.29 is 0 Å². The lowest BCUT2D eigenvalue weighted by molar-refractivity contribution is 0.441. The van der Waals surface area contributed by atoms with Crippen molar-refractivity contribution >= 4 is 11.8 Å². The number of allylic oxidation sites excluding steroid dienone is 1. The van der Waals surface area contributed by atoms with Crippen LogP contribution in [0.15, 0.2) is 41.8 Å². The third-order valence-corrected chi connectivity index (χ3v) is 4.58. The molecule has 2 rings (SSSR count). The number of nitrogens with one attached hydrogen (secondary N) is 1. The highest BCUT2D eigenvalue weighted by Gasteiger charge is 2.28. The first-order valence-corrected chi connectivity index (χ1v) is 7.41. The van der Waals surface area contributed by atoms with Gasteiger partial charge in [-0.3, -0.25) is 0 Å². The molecule has 17 heavy (non-hydrogen) atoms. The maximum Gasteiger partial charge on any atom is 0.0147 e. The predicted octanol–water partition coefficient (Wildman–Crippen LogP) is 3.82. The summed E-state index contributed by atoms with van der Waals surface area (Å²) in [4.78, 5) is 1.47. The van der Waals surface area contributed by atoms with Crippen LogP contribution in [-0.2, 0) is 0 Å². The Bertz CT molecular complexity index is 375. The molecule has 0 bridgehead atoms. The normalized spacial score (nSPS) is 19.9. The van der Waals surface area contributed by atoms with E-state index in [-0.39, 0.29) is 0 Å². The molecule has 1 aliphatic rings. The van der Waals surface area contributed by atoms with Crippen LogP contribution in [0.25, 0.3) is 0 Å². The molecule has 1 aromatic rings. The Balaban J connectivity index is 2.12. The van der Waals surface area contributed by atoms with Gasteiger partial charge in [-0.2, -0.15) is 0 Å². The summed E-state index contributed by atoms with van der Waals surface area (Å²) >= 11 is 2.00. The molecule has 0 saturated carbocycles. The molecule has 2 heteroatoms. The molecule has 2 unspecified atom stereocenters. The summed E-state index contributed by atoms with van der Waals surface area (Å²) in [6.07, 6.45) is 4.32. The van der Waals surface area contributed by atoms with E-state index < -0.39 is 0 Å². The van der Waals surface area contributed by atoms with E-state index in [9.17, 15) is 0 Å². The second kappa shape index (κ2) is 6.27. The van der Waals surface area contributed by atoms with Crippen molar-refractivity contribution in [2.24, 2.45) is 0 Å². The van der Waals surface area contributed by atoms with Crippen molar-refractivity contribution in [3.8, 4) is 0 Å². The first kappa shape index (κ1) is 12.7. The minimum atomic E-state index is 0.592. The molecule has 1 aromatic carbocycles. The van der Waals surface area contributed by atoms with E-state index in [4.69, 9.17) is 0 Å². The molecule has 0 fully saturated rings. The van der Waals surface area contributed by atoms with Crippen molar-refractivity contribution in [2.75, 3.05) is 12.3 Å². The minimum Gasteiger partial charge on any atom is -0.314 e. The van der Waals surface area contributed by atoms with Crippen LogP contribution in [0.5, 0.6) is 0 Å². The van der Waals surface area contributed by atoms with E-state index in [0.717, 1.165) is 13.0 Å². The van der Waals surface area contributed by atoms with E-state index >= 15 is 0 Å². The van der Waals surface area contributed by atoms with Gasteiger partial charge in [0.2, 0.25) is 0 Å². The molecule has 1 aliphatic heterocycles. The number of likely N-dealkylation sites (N-methyl/N-ethyl adjacent to an activating group) is 1. The monoisotopic (exact) mass is 247 g/mol. The minimum absolute atomic E-state index is 0.592. The zero-order chi connectivity index (χ0) is 12.1. The fraction of sp³-hybridized carbons (Fsp3) is 0.467. The number of hydrogen-bond acceptors (Lipinski definition) is 2. The Morgan fingerprint density at radius 3 is 3.12 bits per heavy atom. The van der Waals surface area contributed by atoms with Gasteiger partial charge < -0.3 is 5.32 Å². The molecular weight excluding hydrogens is 226 g/mol. The Kier molecular flexibility index (Phi) is 4.69.